The molecule has 0 N–H and O–H groups in total. The van der Waals surface area contributed by atoms with Gasteiger partial charge in [-0.15, -0.1) is 5.73 Å². The molecule has 0 fully saturated rings. The van der Waals surface area contributed by atoms with Crippen LogP contribution in [0, 0.1) is 0 Å². The minimum absolute atomic E-state index is 0.386. The van der Waals surface area contributed by atoms with Crippen LogP contribution in [-0.2, 0) is 14.3 Å². The van der Waals surface area contributed by atoms with Crippen LogP contribution in [0.3, 0.4) is 0 Å². The van der Waals surface area contributed by atoms with Crippen LogP contribution in [0.4, 0.5) is 0 Å². The minimum atomic E-state index is -0.401. The fourth-order valence-electron chi connectivity index (χ4n) is 0.603. The summed E-state index contributed by atoms with van der Waals surface area (Å²) in [6, 6.07) is 0. The molecule has 0 saturated carbocycles. The van der Waals surface area contributed by atoms with E-state index in [0.717, 1.165) is 6.42 Å². The van der Waals surface area contributed by atoms with Gasteiger partial charge in [-0.25, -0.2) is 4.79 Å². The van der Waals surface area contributed by atoms with Gasteiger partial charge in [-0.3, -0.25) is 0 Å². The monoisotopic (exact) mass is 170 g/mol. The molecular formula is C9H14O3. The molecular weight excluding hydrogens is 156 g/mol. The molecule has 0 saturated heterocycles. The number of ether oxygens (including phenoxy) is 2. The molecule has 0 radical (unpaired) electrons. The number of carbonyl (C=O) groups excluding carboxylic acids is 1. The highest BCUT2D eigenvalue weighted by Gasteiger charge is 1.94. The summed E-state index contributed by atoms with van der Waals surface area (Å²) in [5.74, 6) is -0.401. The molecule has 0 aromatic carbocycles. The number of rotatable bonds is 6. The summed E-state index contributed by atoms with van der Waals surface area (Å²) in [5.41, 5.74) is 2.34. The first-order chi connectivity index (χ1) is 5.81. The van der Waals surface area contributed by atoms with Gasteiger partial charge < -0.3 is 9.47 Å². The van der Waals surface area contributed by atoms with Crippen molar-refractivity contribution in [3.63, 3.8) is 0 Å². The van der Waals surface area contributed by atoms with Gasteiger partial charge in [-0.1, -0.05) is 6.58 Å². The summed E-state index contributed by atoms with van der Waals surface area (Å²) in [4.78, 5) is 10.7. The summed E-state index contributed by atoms with van der Waals surface area (Å²) in [7, 11) is 0. The molecule has 0 aliphatic rings. The van der Waals surface area contributed by atoms with Gasteiger partial charge >= 0.3 is 5.97 Å². The molecule has 0 atom stereocenters. The third-order valence-corrected chi connectivity index (χ3v) is 1.10. The molecule has 3 nitrogen and oxygen atoms in total. The van der Waals surface area contributed by atoms with Crippen molar-refractivity contribution < 1.29 is 14.3 Å². The Kier molecular flexibility index (Phi) is 7.35. The molecule has 0 aliphatic heterocycles. The predicted octanol–water partition coefficient (Wildman–Crippen LogP) is 1.30. The van der Waals surface area contributed by atoms with Gasteiger partial charge in [0, 0.05) is 19.6 Å². The maximum Gasteiger partial charge on any atom is 0.338 e. The van der Waals surface area contributed by atoms with Crippen molar-refractivity contribution >= 4 is 5.97 Å². The van der Waals surface area contributed by atoms with Crippen molar-refractivity contribution in [2.45, 2.75) is 13.3 Å². The second-order valence-electron chi connectivity index (χ2n) is 2.07. The molecule has 0 rings (SSSR count). The van der Waals surface area contributed by atoms with E-state index in [-0.39, 0.29) is 0 Å². The fraction of sp³-hybridized carbons (Fsp3) is 0.556. The van der Waals surface area contributed by atoms with E-state index < -0.39 is 5.97 Å². The number of carbonyl (C=O) groups is 1. The highest BCUT2D eigenvalue weighted by molar-refractivity contribution is 5.81. The van der Waals surface area contributed by atoms with E-state index in [1.807, 2.05) is 6.92 Å². The summed E-state index contributed by atoms with van der Waals surface area (Å²) in [6.45, 7) is 6.88. The maximum atomic E-state index is 10.7. The lowest BCUT2D eigenvalue weighted by Gasteiger charge is -2.01. The van der Waals surface area contributed by atoms with E-state index in [1.54, 1.807) is 0 Å². The summed E-state index contributed by atoms with van der Waals surface area (Å²) < 4.78 is 9.80. The smallest absolute Gasteiger partial charge is 0.338 e. The molecule has 0 bridgehead atoms. The van der Waals surface area contributed by atoms with Gasteiger partial charge in [-0.2, -0.15) is 0 Å². The van der Waals surface area contributed by atoms with Gasteiger partial charge in [0.05, 0.1) is 12.7 Å². The van der Waals surface area contributed by atoms with Crippen LogP contribution in [0.1, 0.15) is 13.3 Å². The lowest BCUT2D eigenvalue weighted by Crippen LogP contribution is -2.05. The van der Waals surface area contributed by atoms with Crippen molar-refractivity contribution in [3.8, 4) is 0 Å². The average molecular weight is 170 g/mol. The van der Waals surface area contributed by atoms with Crippen molar-refractivity contribution in [1.29, 1.82) is 0 Å². The lowest BCUT2D eigenvalue weighted by molar-refractivity contribution is -0.138. The van der Waals surface area contributed by atoms with E-state index in [9.17, 15) is 4.79 Å². The van der Waals surface area contributed by atoms with E-state index in [4.69, 9.17) is 9.47 Å². The average Bonchev–Trinajstić information content (AvgIpc) is 2.05. The van der Waals surface area contributed by atoms with Gasteiger partial charge in [0.25, 0.3) is 0 Å². The second-order valence-corrected chi connectivity index (χ2v) is 2.07. The number of hydrogen-bond acceptors (Lipinski definition) is 3. The molecule has 68 valence electrons. The molecule has 0 aromatic heterocycles. The first-order valence-corrected chi connectivity index (χ1v) is 3.91. The third-order valence-electron chi connectivity index (χ3n) is 1.10. The van der Waals surface area contributed by atoms with Crippen LogP contribution >= 0.6 is 0 Å². The quantitative estimate of drug-likeness (QED) is 0.261. The molecule has 12 heavy (non-hydrogen) atoms. The Labute approximate surface area is 72.7 Å². The van der Waals surface area contributed by atoms with E-state index >= 15 is 0 Å². The van der Waals surface area contributed by atoms with Gasteiger partial charge in [-0.05, 0) is 6.92 Å². The molecule has 0 heterocycles. The minimum Gasteiger partial charge on any atom is -0.462 e. The molecule has 0 aliphatic carbocycles. The van der Waals surface area contributed by atoms with E-state index in [2.05, 4.69) is 12.3 Å². The first kappa shape index (κ1) is 11.0. The van der Waals surface area contributed by atoms with Crippen molar-refractivity contribution in [2.75, 3.05) is 19.8 Å². The maximum absolute atomic E-state index is 10.7. The Bertz CT molecular complexity index is 169. The van der Waals surface area contributed by atoms with E-state index in [1.165, 1.54) is 6.08 Å². The zero-order valence-electron chi connectivity index (χ0n) is 7.34. The summed E-state index contributed by atoms with van der Waals surface area (Å²) >= 11 is 0. The summed E-state index contributed by atoms with van der Waals surface area (Å²) in [6.07, 6.45) is 1.89. The topological polar surface area (TPSA) is 35.5 Å². The second kappa shape index (κ2) is 8.05. The highest BCUT2D eigenvalue weighted by atomic mass is 16.5. The molecule has 3 heteroatoms. The van der Waals surface area contributed by atoms with Crippen molar-refractivity contribution in [3.05, 3.63) is 18.4 Å². The number of hydrogen-bond donors (Lipinski definition) is 0. The lowest BCUT2D eigenvalue weighted by atomic mass is 10.5. The Balaban J connectivity index is 3.19. The predicted molar refractivity (Wildman–Crippen MR) is 45.8 cm³/mol. The Morgan fingerprint density at radius 1 is 1.58 bits per heavy atom. The zero-order chi connectivity index (χ0) is 9.23. The molecule has 0 unspecified atom stereocenters. The van der Waals surface area contributed by atoms with Crippen LogP contribution in [-0.4, -0.2) is 25.8 Å². The Morgan fingerprint density at radius 2 is 2.33 bits per heavy atom. The summed E-state index contributed by atoms with van der Waals surface area (Å²) in [5, 5.41) is 0. The fourth-order valence-corrected chi connectivity index (χ4v) is 0.603. The standard InChI is InChI=1S/C9H14O3/c1-3-6-9(10)12-8-5-7-11-4-2/h6H,1,4-5,7-8H2,2H3. The van der Waals surface area contributed by atoms with E-state index in [0.29, 0.717) is 19.8 Å². The van der Waals surface area contributed by atoms with Gasteiger partial charge in [0.1, 0.15) is 0 Å². The Morgan fingerprint density at radius 3 is 2.92 bits per heavy atom. The molecule has 0 spiro atoms. The molecule has 0 aromatic rings. The van der Waals surface area contributed by atoms with Gasteiger partial charge in [0.2, 0.25) is 0 Å². The van der Waals surface area contributed by atoms with Crippen LogP contribution in [0.2, 0.25) is 0 Å². The van der Waals surface area contributed by atoms with Crippen LogP contribution in [0.25, 0.3) is 0 Å². The normalized spacial score (nSPS) is 8.75. The van der Waals surface area contributed by atoms with Crippen molar-refractivity contribution in [1.82, 2.24) is 0 Å². The van der Waals surface area contributed by atoms with Crippen LogP contribution in [0.15, 0.2) is 18.4 Å². The molecule has 0 amide bonds. The largest absolute Gasteiger partial charge is 0.462 e. The van der Waals surface area contributed by atoms with Gasteiger partial charge in [0.15, 0.2) is 0 Å². The van der Waals surface area contributed by atoms with Crippen LogP contribution in [0.5, 0.6) is 0 Å². The Hall–Kier alpha value is -1.05. The highest BCUT2D eigenvalue weighted by Crippen LogP contribution is 1.86. The number of esters is 1. The van der Waals surface area contributed by atoms with Crippen LogP contribution < -0.4 is 0 Å². The third kappa shape index (κ3) is 7.06. The van der Waals surface area contributed by atoms with Crippen molar-refractivity contribution in [2.24, 2.45) is 0 Å². The zero-order valence-corrected chi connectivity index (χ0v) is 7.34. The SMILES string of the molecule is C=C=CC(=O)OCCCOCC. The first-order valence-electron chi connectivity index (χ1n) is 3.91.